The minimum atomic E-state index is -0.463. The number of carbonyl (C=O) groups excluding carboxylic acids is 1. The van der Waals surface area contributed by atoms with Crippen LogP contribution >= 0.6 is 12.4 Å². The first-order chi connectivity index (χ1) is 12.6. The molecule has 0 aliphatic heterocycles. The van der Waals surface area contributed by atoms with Gasteiger partial charge in [0, 0.05) is 18.8 Å². The molecule has 1 aromatic heterocycles. The Hall–Kier alpha value is -2.37. The molecule has 0 aliphatic carbocycles. The zero-order chi connectivity index (χ0) is 18.6. The number of hydrogen-bond donors (Lipinski definition) is 2. The Morgan fingerprint density at radius 3 is 2.41 bits per heavy atom. The molecule has 144 valence electrons. The third kappa shape index (κ3) is 4.15. The molecule has 0 fully saturated rings. The molecule has 3 rings (SSSR count). The Morgan fingerprint density at radius 1 is 1.11 bits per heavy atom. The number of nitrogens with two attached hydrogens (primary N) is 1. The fourth-order valence-electron chi connectivity index (χ4n) is 3.26. The summed E-state index contributed by atoms with van der Waals surface area (Å²) in [5.41, 5.74) is 9.54. The Balaban J connectivity index is 0.00000261. The summed E-state index contributed by atoms with van der Waals surface area (Å²) < 4.78 is 2.06. The number of para-hydroxylation sites is 2. The lowest BCUT2D eigenvalue weighted by Gasteiger charge is -2.28. The fraction of sp³-hybridized carbons (Fsp3) is 0.333. The van der Waals surface area contributed by atoms with Crippen LogP contribution in [0.1, 0.15) is 32.3 Å². The zero-order valence-corrected chi connectivity index (χ0v) is 16.6. The maximum absolute atomic E-state index is 12.5. The van der Waals surface area contributed by atoms with Crippen molar-refractivity contribution in [2.75, 3.05) is 6.54 Å². The van der Waals surface area contributed by atoms with Crippen LogP contribution in [0.25, 0.3) is 16.7 Å². The lowest BCUT2D eigenvalue weighted by Crippen LogP contribution is -2.45. The summed E-state index contributed by atoms with van der Waals surface area (Å²) in [5.74, 6) is 0.0367. The second-order valence-corrected chi connectivity index (χ2v) is 6.64. The van der Waals surface area contributed by atoms with Gasteiger partial charge in [-0.15, -0.1) is 12.4 Å². The SMILES string of the molecule is CCC(CC)(CN)C(=O)NCc1ccc(-n2cnc3ccccc32)cc1.Cl. The minimum Gasteiger partial charge on any atom is -0.352 e. The van der Waals surface area contributed by atoms with Crippen molar-refractivity contribution in [1.82, 2.24) is 14.9 Å². The van der Waals surface area contributed by atoms with Gasteiger partial charge in [-0.2, -0.15) is 0 Å². The van der Waals surface area contributed by atoms with Crippen molar-refractivity contribution >= 4 is 29.3 Å². The normalized spacial score (nSPS) is 11.2. The summed E-state index contributed by atoms with van der Waals surface area (Å²) in [6.45, 7) is 4.91. The van der Waals surface area contributed by atoms with Crippen molar-refractivity contribution in [2.45, 2.75) is 33.2 Å². The number of carbonyl (C=O) groups is 1. The van der Waals surface area contributed by atoms with E-state index in [1.807, 2.05) is 62.6 Å². The molecule has 0 spiro atoms. The van der Waals surface area contributed by atoms with Gasteiger partial charge in [0.2, 0.25) is 5.91 Å². The van der Waals surface area contributed by atoms with E-state index in [1.165, 1.54) is 0 Å². The molecule has 0 unspecified atom stereocenters. The molecule has 1 heterocycles. The number of imidazole rings is 1. The van der Waals surface area contributed by atoms with Gasteiger partial charge >= 0.3 is 0 Å². The summed E-state index contributed by atoms with van der Waals surface area (Å²) in [6, 6.07) is 16.2. The van der Waals surface area contributed by atoms with Gasteiger partial charge in [-0.1, -0.05) is 38.1 Å². The second kappa shape index (κ2) is 9.02. The van der Waals surface area contributed by atoms with Crippen LogP contribution < -0.4 is 11.1 Å². The van der Waals surface area contributed by atoms with E-state index in [0.29, 0.717) is 13.1 Å². The van der Waals surface area contributed by atoms with Crippen LogP contribution in [0.4, 0.5) is 0 Å². The molecule has 0 atom stereocenters. The highest BCUT2D eigenvalue weighted by Crippen LogP contribution is 2.25. The van der Waals surface area contributed by atoms with Crippen molar-refractivity contribution in [1.29, 1.82) is 0 Å². The molecular formula is C21H27ClN4O. The highest BCUT2D eigenvalue weighted by Gasteiger charge is 2.32. The number of rotatable bonds is 7. The Labute approximate surface area is 166 Å². The second-order valence-electron chi connectivity index (χ2n) is 6.64. The molecule has 1 amide bonds. The summed E-state index contributed by atoms with van der Waals surface area (Å²) in [5, 5.41) is 3.04. The fourth-order valence-corrected chi connectivity index (χ4v) is 3.26. The van der Waals surface area contributed by atoms with Crippen LogP contribution in [0.3, 0.4) is 0 Å². The predicted octanol–water partition coefficient (Wildman–Crippen LogP) is 3.83. The van der Waals surface area contributed by atoms with Crippen LogP contribution in [0.15, 0.2) is 54.9 Å². The quantitative estimate of drug-likeness (QED) is 0.648. The van der Waals surface area contributed by atoms with Crippen molar-refractivity contribution in [3.05, 3.63) is 60.4 Å². The third-order valence-corrected chi connectivity index (χ3v) is 5.35. The molecule has 2 aromatic carbocycles. The molecule has 0 saturated carbocycles. The van der Waals surface area contributed by atoms with Gasteiger partial charge < -0.3 is 11.1 Å². The van der Waals surface area contributed by atoms with E-state index < -0.39 is 5.41 Å². The maximum atomic E-state index is 12.5. The summed E-state index contributed by atoms with van der Waals surface area (Å²) >= 11 is 0. The van der Waals surface area contributed by atoms with Gasteiger partial charge in [-0.25, -0.2) is 4.98 Å². The minimum absolute atomic E-state index is 0. The number of amides is 1. The largest absolute Gasteiger partial charge is 0.352 e. The Morgan fingerprint density at radius 2 is 1.78 bits per heavy atom. The van der Waals surface area contributed by atoms with E-state index in [4.69, 9.17) is 5.73 Å². The number of nitrogens with one attached hydrogen (secondary N) is 1. The molecule has 0 saturated heterocycles. The first kappa shape index (κ1) is 20.9. The van der Waals surface area contributed by atoms with E-state index in [-0.39, 0.29) is 18.3 Å². The summed E-state index contributed by atoms with van der Waals surface area (Å²) in [7, 11) is 0. The molecule has 3 N–H and O–H groups in total. The summed E-state index contributed by atoms with van der Waals surface area (Å²) in [4.78, 5) is 17.0. The first-order valence-electron chi connectivity index (χ1n) is 9.13. The Bertz CT molecular complexity index is 876. The smallest absolute Gasteiger partial charge is 0.227 e. The number of fused-ring (bicyclic) bond motifs is 1. The van der Waals surface area contributed by atoms with E-state index in [9.17, 15) is 4.79 Å². The van der Waals surface area contributed by atoms with Gasteiger partial charge in [0.15, 0.2) is 0 Å². The maximum Gasteiger partial charge on any atom is 0.227 e. The van der Waals surface area contributed by atoms with Crippen LogP contribution in [-0.4, -0.2) is 22.0 Å². The number of benzene rings is 2. The van der Waals surface area contributed by atoms with Crippen LogP contribution in [0.2, 0.25) is 0 Å². The number of hydrogen-bond acceptors (Lipinski definition) is 3. The molecule has 0 radical (unpaired) electrons. The number of nitrogens with zero attached hydrogens (tertiary/aromatic N) is 2. The highest BCUT2D eigenvalue weighted by atomic mass is 35.5. The zero-order valence-electron chi connectivity index (χ0n) is 15.8. The standard InChI is InChI=1S/C21H26N4O.ClH/c1-3-21(4-2,14-22)20(26)23-13-16-9-11-17(12-10-16)25-15-24-18-7-5-6-8-19(18)25;/h5-12,15H,3-4,13-14,22H2,1-2H3,(H,23,26);1H. The van der Waals surface area contributed by atoms with E-state index in [0.717, 1.165) is 35.1 Å². The molecule has 0 bridgehead atoms. The van der Waals surface area contributed by atoms with Crippen LogP contribution in [0.5, 0.6) is 0 Å². The van der Waals surface area contributed by atoms with Gasteiger partial charge in [0.1, 0.15) is 6.33 Å². The number of halogens is 1. The topological polar surface area (TPSA) is 72.9 Å². The van der Waals surface area contributed by atoms with Crippen molar-refractivity contribution < 1.29 is 4.79 Å². The molecular weight excluding hydrogens is 360 g/mol. The lowest BCUT2D eigenvalue weighted by molar-refractivity contribution is -0.131. The average molecular weight is 387 g/mol. The highest BCUT2D eigenvalue weighted by molar-refractivity contribution is 5.85. The van der Waals surface area contributed by atoms with E-state index in [2.05, 4.69) is 20.9 Å². The van der Waals surface area contributed by atoms with E-state index in [1.54, 1.807) is 0 Å². The summed E-state index contributed by atoms with van der Waals surface area (Å²) in [6.07, 6.45) is 3.33. The Kier molecular flexibility index (Phi) is 6.99. The van der Waals surface area contributed by atoms with Gasteiger partial charge in [0.25, 0.3) is 0 Å². The van der Waals surface area contributed by atoms with Crippen molar-refractivity contribution in [3.63, 3.8) is 0 Å². The molecule has 27 heavy (non-hydrogen) atoms. The van der Waals surface area contributed by atoms with Crippen molar-refractivity contribution in [3.8, 4) is 5.69 Å². The number of aromatic nitrogens is 2. The van der Waals surface area contributed by atoms with Crippen molar-refractivity contribution in [2.24, 2.45) is 11.1 Å². The third-order valence-electron chi connectivity index (χ3n) is 5.35. The average Bonchev–Trinajstić information content (AvgIpc) is 3.13. The van der Waals surface area contributed by atoms with Crippen LogP contribution in [-0.2, 0) is 11.3 Å². The molecule has 6 heteroatoms. The molecule has 0 aliphatic rings. The lowest BCUT2D eigenvalue weighted by atomic mass is 9.81. The van der Waals surface area contributed by atoms with Gasteiger partial charge in [-0.05, 0) is 42.7 Å². The molecule has 3 aromatic rings. The van der Waals surface area contributed by atoms with E-state index >= 15 is 0 Å². The molecule has 5 nitrogen and oxygen atoms in total. The van der Waals surface area contributed by atoms with Gasteiger partial charge in [-0.3, -0.25) is 9.36 Å². The van der Waals surface area contributed by atoms with Gasteiger partial charge in [0.05, 0.1) is 16.4 Å². The first-order valence-corrected chi connectivity index (χ1v) is 9.13. The predicted molar refractivity (Wildman–Crippen MR) is 112 cm³/mol. The van der Waals surface area contributed by atoms with Crippen LogP contribution in [0, 0.1) is 5.41 Å². The monoisotopic (exact) mass is 386 g/mol.